The van der Waals surface area contributed by atoms with Gasteiger partial charge in [-0.2, -0.15) is 0 Å². The van der Waals surface area contributed by atoms with Crippen molar-refractivity contribution >= 4 is 17.4 Å². The van der Waals surface area contributed by atoms with Gasteiger partial charge in [-0.25, -0.2) is 4.79 Å². The van der Waals surface area contributed by atoms with Gasteiger partial charge >= 0.3 is 5.97 Å². The Bertz CT molecular complexity index is 1170. The third-order valence-electron chi connectivity index (χ3n) is 7.33. The Hall–Kier alpha value is -3.26. The second-order valence-electron chi connectivity index (χ2n) is 9.14. The van der Waals surface area contributed by atoms with Gasteiger partial charge in [0.25, 0.3) is 5.56 Å². The number of hydrogen-bond acceptors (Lipinski definition) is 5. The van der Waals surface area contributed by atoms with E-state index < -0.39 is 24.0 Å². The Morgan fingerprint density at radius 3 is 2.70 bits per heavy atom. The number of carboxylic acids is 1. The normalized spacial score (nSPS) is 26.0. The number of fused-ring (bicyclic) bond motifs is 3. The molecule has 2 N–H and O–H groups in total. The van der Waals surface area contributed by atoms with Gasteiger partial charge in [-0.15, -0.1) is 0 Å². The number of amides is 1. The van der Waals surface area contributed by atoms with Gasteiger partial charge in [0.2, 0.25) is 5.91 Å². The summed E-state index contributed by atoms with van der Waals surface area (Å²) in [5, 5.41) is 20.1. The van der Waals surface area contributed by atoms with Crippen molar-refractivity contribution in [1.82, 2.24) is 14.5 Å². The molecule has 1 fully saturated rings. The second-order valence-corrected chi connectivity index (χ2v) is 9.14. The predicted molar refractivity (Wildman–Crippen MR) is 120 cm³/mol. The van der Waals surface area contributed by atoms with E-state index in [4.69, 9.17) is 0 Å². The Balaban J connectivity index is 1.56. The molecular formula is C25H27N3O5. The van der Waals surface area contributed by atoms with Gasteiger partial charge in [0.15, 0.2) is 0 Å². The van der Waals surface area contributed by atoms with Crippen LogP contribution in [0.1, 0.15) is 48.5 Å². The fraction of sp³-hybridized carbons (Fsp3) is 0.440. The zero-order valence-corrected chi connectivity index (χ0v) is 18.3. The quantitative estimate of drug-likeness (QED) is 0.722. The van der Waals surface area contributed by atoms with Crippen LogP contribution in [0.3, 0.4) is 0 Å². The highest BCUT2D eigenvalue weighted by Crippen LogP contribution is 2.49. The van der Waals surface area contributed by atoms with Crippen molar-refractivity contribution in [2.75, 3.05) is 6.61 Å². The number of likely N-dealkylation sites (tertiary alicyclic amines) is 1. The minimum Gasteiger partial charge on any atom is -0.480 e. The van der Waals surface area contributed by atoms with Crippen molar-refractivity contribution in [3.8, 4) is 0 Å². The van der Waals surface area contributed by atoms with Crippen molar-refractivity contribution < 1.29 is 19.8 Å². The fourth-order valence-corrected chi connectivity index (χ4v) is 5.84. The minimum absolute atomic E-state index is 0.00813. The molecule has 3 aliphatic rings. The molecule has 2 aliphatic heterocycles. The summed E-state index contributed by atoms with van der Waals surface area (Å²) in [7, 11) is 0. The second kappa shape index (κ2) is 8.59. The van der Waals surface area contributed by atoms with Gasteiger partial charge in [-0.3, -0.25) is 14.6 Å². The van der Waals surface area contributed by atoms with E-state index in [0.29, 0.717) is 23.4 Å². The number of hydrogen-bond donors (Lipinski definition) is 2. The first-order valence-electron chi connectivity index (χ1n) is 11.5. The molecule has 0 aromatic carbocycles. The van der Waals surface area contributed by atoms with Crippen LogP contribution in [0, 0.1) is 11.8 Å². The molecule has 33 heavy (non-hydrogen) atoms. The number of carbonyl (C=O) groups excluding carboxylic acids is 1. The van der Waals surface area contributed by atoms with E-state index in [1.807, 2.05) is 12.1 Å². The number of aromatic nitrogens is 2. The highest BCUT2D eigenvalue weighted by Gasteiger charge is 2.57. The molecule has 0 spiro atoms. The number of aliphatic carboxylic acids is 1. The number of pyridine rings is 2. The molecule has 5 rings (SSSR count). The molecule has 0 saturated carbocycles. The molecule has 1 saturated heterocycles. The summed E-state index contributed by atoms with van der Waals surface area (Å²) in [5.41, 5.74) is 2.98. The molecule has 0 bridgehead atoms. The molecule has 0 unspecified atom stereocenters. The maximum Gasteiger partial charge on any atom is 0.326 e. The lowest BCUT2D eigenvalue weighted by molar-refractivity contribution is -0.151. The van der Waals surface area contributed by atoms with Gasteiger partial charge in [0.1, 0.15) is 6.04 Å². The number of rotatable bonds is 5. The Kier molecular flexibility index (Phi) is 5.62. The summed E-state index contributed by atoms with van der Waals surface area (Å²) in [5.74, 6) is -2.47. The highest BCUT2D eigenvalue weighted by atomic mass is 16.4. The summed E-state index contributed by atoms with van der Waals surface area (Å²) in [6, 6.07) is 5.48. The number of nitrogens with zero attached hydrogens (tertiary/aromatic N) is 3. The van der Waals surface area contributed by atoms with Crippen LogP contribution >= 0.6 is 0 Å². The van der Waals surface area contributed by atoms with Gasteiger partial charge in [-0.1, -0.05) is 12.1 Å². The summed E-state index contributed by atoms with van der Waals surface area (Å²) >= 11 is 0. The zero-order chi connectivity index (χ0) is 23.1. The monoisotopic (exact) mass is 449 g/mol. The van der Waals surface area contributed by atoms with Crippen molar-refractivity contribution in [1.29, 1.82) is 0 Å². The van der Waals surface area contributed by atoms with E-state index in [9.17, 15) is 24.6 Å². The average molecular weight is 450 g/mol. The van der Waals surface area contributed by atoms with E-state index in [2.05, 4.69) is 11.1 Å². The average Bonchev–Trinajstić information content (AvgIpc) is 3.35. The van der Waals surface area contributed by atoms with Gasteiger partial charge < -0.3 is 19.7 Å². The third-order valence-corrected chi connectivity index (χ3v) is 7.33. The van der Waals surface area contributed by atoms with Crippen LogP contribution in [0.2, 0.25) is 0 Å². The summed E-state index contributed by atoms with van der Waals surface area (Å²) < 4.78 is 1.69. The largest absolute Gasteiger partial charge is 0.480 e. The molecule has 4 atom stereocenters. The Morgan fingerprint density at radius 1 is 1.18 bits per heavy atom. The lowest BCUT2D eigenvalue weighted by Gasteiger charge is -2.29. The predicted octanol–water partition coefficient (Wildman–Crippen LogP) is 2.02. The summed E-state index contributed by atoms with van der Waals surface area (Å²) in [6.07, 6.45) is 9.35. The van der Waals surface area contributed by atoms with Crippen LogP contribution < -0.4 is 5.56 Å². The van der Waals surface area contributed by atoms with Crippen LogP contribution in [-0.4, -0.2) is 49.2 Å². The maximum atomic E-state index is 13.4. The van der Waals surface area contributed by atoms with Crippen molar-refractivity contribution in [2.45, 2.75) is 50.7 Å². The SMILES string of the molecule is O=C(O)[C@H]1[C@H](CO)[C@H]2Cn3c(ccc(C4=CCCCC4)c3=O)[C@H]2N1C(=O)Cc1cccnc1. The molecule has 172 valence electrons. The first-order valence-corrected chi connectivity index (χ1v) is 11.5. The molecule has 8 nitrogen and oxygen atoms in total. The maximum absolute atomic E-state index is 13.4. The summed E-state index contributed by atoms with van der Waals surface area (Å²) in [6.45, 7) is -0.0683. The number of allylic oxidation sites excluding steroid dienone is 2. The summed E-state index contributed by atoms with van der Waals surface area (Å²) in [4.78, 5) is 44.4. The fourth-order valence-electron chi connectivity index (χ4n) is 5.84. The third kappa shape index (κ3) is 3.58. The van der Waals surface area contributed by atoms with E-state index in [0.717, 1.165) is 31.3 Å². The van der Waals surface area contributed by atoms with Crippen LogP contribution in [-0.2, 0) is 22.6 Å². The van der Waals surface area contributed by atoms with Crippen molar-refractivity contribution in [3.05, 3.63) is 69.9 Å². The Morgan fingerprint density at radius 2 is 2.03 bits per heavy atom. The smallest absolute Gasteiger partial charge is 0.326 e. The first-order chi connectivity index (χ1) is 16.0. The molecule has 2 aromatic heterocycles. The topological polar surface area (TPSA) is 113 Å². The number of carbonyl (C=O) groups is 2. The van der Waals surface area contributed by atoms with E-state index >= 15 is 0 Å². The standard InChI is InChI=1S/C25H27N3O5/c29-14-19-18-13-27-20(9-8-17(24(27)31)16-6-2-1-3-7-16)22(18)28(23(19)25(32)33)21(30)11-15-5-4-10-26-12-15/h4-6,8-10,12,18-19,22-23,29H,1-3,7,11,13-14H2,(H,32,33)/t18-,19-,22+,23-/m1/s1. The zero-order valence-electron chi connectivity index (χ0n) is 18.3. The molecule has 4 heterocycles. The van der Waals surface area contributed by atoms with E-state index in [-0.39, 0.29) is 30.4 Å². The van der Waals surface area contributed by atoms with Crippen LogP contribution in [0.4, 0.5) is 0 Å². The number of aliphatic hydroxyl groups excluding tert-OH is 1. The van der Waals surface area contributed by atoms with Crippen LogP contribution in [0.15, 0.2) is 47.5 Å². The first kappa shape index (κ1) is 21.6. The molecule has 0 radical (unpaired) electrons. The van der Waals surface area contributed by atoms with Gasteiger partial charge in [0, 0.05) is 48.6 Å². The lowest BCUT2D eigenvalue weighted by Crippen LogP contribution is -2.46. The van der Waals surface area contributed by atoms with E-state index in [1.54, 1.807) is 29.1 Å². The number of aliphatic hydroxyl groups is 1. The highest BCUT2D eigenvalue weighted by molar-refractivity contribution is 5.86. The molecule has 8 heteroatoms. The van der Waals surface area contributed by atoms with E-state index in [1.165, 1.54) is 4.90 Å². The van der Waals surface area contributed by atoms with Gasteiger partial charge in [0.05, 0.1) is 12.5 Å². The van der Waals surface area contributed by atoms with Gasteiger partial charge in [-0.05, 0) is 55.0 Å². The van der Waals surface area contributed by atoms with Crippen molar-refractivity contribution in [2.24, 2.45) is 11.8 Å². The molecule has 1 amide bonds. The van der Waals surface area contributed by atoms with Crippen molar-refractivity contribution in [3.63, 3.8) is 0 Å². The van der Waals surface area contributed by atoms with Crippen LogP contribution in [0.25, 0.3) is 5.57 Å². The minimum atomic E-state index is -1.14. The number of carboxylic acid groups (broad SMARTS) is 1. The van der Waals surface area contributed by atoms with Crippen LogP contribution in [0.5, 0.6) is 0 Å². The molecular weight excluding hydrogens is 422 g/mol. The molecule has 1 aliphatic carbocycles. The molecule has 2 aromatic rings. The lowest BCUT2D eigenvalue weighted by atomic mass is 9.88. The Labute approximate surface area is 191 Å².